The molecule has 0 radical (unpaired) electrons. The van der Waals surface area contributed by atoms with E-state index in [0.717, 1.165) is 5.39 Å². The molecule has 0 saturated carbocycles. The van der Waals surface area contributed by atoms with Crippen LogP contribution in [0.5, 0.6) is 0 Å². The molecule has 0 unspecified atom stereocenters. The molecule has 0 aliphatic carbocycles. The average molecular weight is 214 g/mol. The lowest BCUT2D eigenvalue weighted by molar-refractivity contribution is 0.0698. The Kier molecular flexibility index (Phi) is 1.67. The fourth-order valence-corrected chi connectivity index (χ4v) is 1.76. The first-order valence-electron chi connectivity index (χ1n) is 4.60. The quantitative estimate of drug-likeness (QED) is 0.671. The lowest BCUT2D eigenvalue weighted by Crippen LogP contribution is -1.97. The number of carboxylic acids is 1. The van der Waals surface area contributed by atoms with Crippen molar-refractivity contribution in [2.45, 2.75) is 0 Å². The SMILES string of the molecule is O=C(O)c1cc2nccc2c2cncoc12. The van der Waals surface area contributed by atoms with E-state index >= 15 is 0 Å². The number of carboxylic acid groups (broad SMARTS) is 1. The summed E-state index contributed by atoms with van der Waals surface area (Å²) in [5.41, 5.74) is 1.06. The van der Waals surface area contributed by atoms with Gasteiger partial charge in [-0.15, -0.1) is 0 Å². The molecule has 78 valence electrons. The molecule has 1 aromatic carbocycles. The van der Waals surface area contributed by atoms with Crippen LogP contribution in [0, 0.1) is 0 Å². The molecule has 0 bridgehead atoms. The minimum Gasteiger partial charge on any atom is -0.478 e. The van der Waals surface area contributed by atoms with Crippen LogP contribution in [0.3, 0.4) is 0 Å². The van der Waals surface area contributed by atoms with Crippen LogP contribution >= 0.6 is 0 Å². The fraction of sp³-hybridized carbons (Fsp3) is 0. The van der Waals surface area contributed by atoms with E-state index in [2.05, 4.69) is 9.97 Å². The molecule has 5 nitrogen and oxygen atoms in total. The van der Waals surface area contributed by atoms with E-state index in [0.29, 0.717) is 16.5 Å². The Labute approximate surface area is 89.3 Å². The van der Waals surface area contributed by atoms with Gasteiger partial charge in [0.2, 0.25) is 0 Å². The van der Waals surface area contributed by atoms with Crippen LogP contribution in [-0.4, -0.2) is 21.0 Å². The Morgan fingerprint density at radius 2 is 2.25 bits per heavy atom. The highest BCUT2D eigenvalue weighted by Crippen LogP contribution is 2.27. The third kappa shape index (κ3) is 1.08. The van der Waals surface area contributed by atoms with E-state index in [1.54, 1.807) is 18.5 Å². The molecule has 16 heavy (non-hydrogen) atoms. The molecule has 0 atom stereocenters. The summed E-state index contributed by atoms with van der Waals surface area (Å²) in [6.07, 6.45) is 4.43. The zero-order valence-electron chi connectivity index (χ0n) is 8.04. The molecule has 0 aliphatic rings. The number of benzene rings is 1. The van der Waals surface area contributed by atoms with Gasteiger partial charge >= 0.3 is 5.97 Å². The van der Waals surface area contributed by atoms with Crippen LogP contribution in [0.15, 0.2) is 35.3 Å². The van der Waals surface area contributed by atoms with Crippen LogP contribution in [0.4, 0.5) is 0 Å². The maximum atomic E-state index is 11.1. The second kappa shape index (κ2) is 3.03. The van der Waals surface area contributed by atoms with Gasteiger partial charge in [-0.3, -0.25) is 4.98 Å². The normalized spacial score (nSPS) is 11.0. The number of rotatable bonds is 1. The van der Waals surface area contributed by atoms with Gasteiger partial charge in [-0.2, -0.15) is 0 Å². The van der Waals surface area contributed by atoms with E-state index in [9.17, 15) is 4.79 Å². The zero-order chi connectivity index (χ0) is 11.1. The van der Waals surface area contributed by atoms with Gasteiger partial charge in [0.1, 0.15) is 5.56 Å². The molecule has 0 aliphatic heterocycles. The van der Waals surface area contributed by atoms with Gasteiger partial charge in [0.05, 0.1) is 5.52 Å². The largest absolute Gasteiger partial charge is 0.478 e. The van der Waals surface area contributed by atoms with E-state index in [1.807, 2.05) is 0 Å². The second-order valence-corrected chi connectivity index (χ2v) is 3.35. The molecule has 2 aromatic heterocycles. The van der Waals surface area contributed by atoms with Crippen molar-refractivity contribution >= 4 is 27.8 Å². The first-order chi connectivity index (χ1) is 7.77. The molecular formula is C11H6N2O3. The van der Waals surface area contributed by atoms with Gasteiger partial charge in [0, 0.05) is 23.2 Å². The number of hydrogen-bond donors (Lipinski definition) is 1. The standard InChI is InChI=1S/C11H6N2O3/c14-11(15)7-3-9-6(1-2-13-9)8-4-12-5-16-10(7)8/h1-5H,(H,14,15). The van der Waals surface area contributed by atoms with Crippen LogP contribution in [0.25, 0.3) is 21.9 Å². The number of nitrogens with zero attached hydrogens (tertiary/aromatic N) is 2. The van der Waals surface area contributed by atoms with E-state index < -0.39 is 5.97 Å². The number of fused-ring (bicyclic) bond motifs is 3. The topological polar surface area (TPSA) is 76.2 Å². The molecule has 0 spiro atoms. The van der Waals surface area contributed by atoms with Crippen LogP contribution < -0.4 is 0 Å². The monoisotopic (exact) mass is 214 g/mol. The summed E-state index contributed by atoms with van der Waals surface area (Å²) in [4.78, 5) is 19.0. The fourth-order valence-electron chi connectivity index (χ4n) is 1.76. The van der Waals surface area contributed by atoms with Gasteiger partial charge in [0.15, 0.2) is 12.0 Å². The third-order valence-electron chi connectivity index (χ3n) is 2.46. The Morgan fingerprint density at radius 3 is 3.06 bits per heavy atom. The lowest BCUT2D eigenvalue weighted by atomic mass is 10.1. The molecule has 1 N–H and O–H groups in total. The number of aromatic nitrogens is 2. The summed E-state index contributed by atoms with van der Waals surface area (Å²) in [6, 6.07) is 3.31. The Bertz CT molecular complexity index is 703. The summed E-state index contributed by atoms with van der Waals surface area (Å²) in [6.45, 7) is 0. The van der Waals surface area contributed by atoms with Crippen molar-refractivity contribution in [1.29, 1.82) is 0 Å². The first kappa shape index (κ1) is 8.84. The van der Waals surface area contributed by atoms with Gasteiger partial charge in [0.25, 0.3) is 0 Å². The van der Waals surface area contributed by atoms with E-state index in [4.69, 9.17) is 9.52 Å². The highest BCUT2D eigenvalue weighted by Gasteiger charge is 2.14. The molecule has 5 heteroatoms. The molecule has 0 saturated heterocycles. The highest BCUT2D eigenvalue weighted by molar-refractivity contribution is 6.12. The molecule has 0 fully saturated rings. The second-order valence-electron chi connectivity index (χ2n) is 3.35. The zero-order valence-corrected chi connectivity index (χ0v) is 8.04. The molecule has 0 amide bonds. The first-order valence-corrected chi connectivity index (χ1v) is 4.60. The average Bonchev–Trinajstić information content (AvgIpc) is 2.75. The summed E-state index contributed by atoms with van der Waals surface area (Å²) >= 11 is 0. The maximum absolute atomic E-state index is 11.1. The van der Waals surface area contributed by atoms with Crippen molar-refractivity contribution in [3.63, 3.8) is 0 Å². The van der Waals surface area contributed by atoms with Gasteiger partial charge in [-0.25, -0.2) is 9.78 Å². The highest BCUT2D eigenvalue weighted by atomic mass is 16.4. The number of carbonyl (C=O) groups is 1. The van der Waals surface area contributed by atoms with Gasteiger partial charge < -0.3 is 9.52 Å². The molecule has 3 aromatic rings. The smallest absolute Gasteiger partial charge is 0.339 e. The van der Waals surface area contributed by atoms with Crippen molar-refractivity contribution in [2.75, 3.05) is 0 Å². The minimum absolute atomic E-state index is 0.101. The summed E-state index contributed by atoms with van der Waals surface area (Å²) in [7, 11) is 0. The van der Waals surface area contributed by atoms with Crippen molar-refractivity contribution in [3.8, 4) is 0 Å². The third-order valence-corrected chi connectivity index (χ3v) is 2.46. The lowest BCUT2D eigenvalue weighted by Gasteiger charge is -2.01. The maximum Gasteiger partial charge on any atom is 0.339 e. The number of aromatic carboxylic acids is 1. The summed E-state index contributed by atoms with van der Waals surface area (Å²) < 4.78 is 5.16. The molecule has 2 heterocycles. The molecule has 3 rings (SSSR count). The Hall–Kier alpha value is -2.43. The number of hydrogen-bond acceptors (Lipinski definition) is 4. The van der Waals surface area contributed by atoms with Crippen LogP contribution in [-0.2, 0) is 0 Å². The van der Waals surface area contributed by atoms with Gasteiger partial charge in [-0.1, -0.05) is 0 Å². The van der Waals surface area contributed by atoms with Crippen molar-refractivity contribution < 1.29 is 14.3 Å². The Morgan fingerprint density at radius 1 is 1.38 bits per heavy atom. The molecular weight excluding hydrogens is 208 g/mol. The minimum atomic E-state index is -1.04. The van der Waals surface area contributed by atoms with Crippen LogP contribution in [0.1, 0.15) is 10.4 Å². The van der Waals surface area contributed by atoms with Gasteiger partial charge in [-0.05, 0) is 12.1 Å². The van der Waals surface area contributed by atoms with Crippen molar-refractivity contribution in [3.05, 3.63) is 36.5 Å². The van der Waals surface area contributed by atoms with E-state index in [-0.39, 0.29) is 5.56 Å². The van der Waals surface area contributed by atoms with Crippen molar-refractivity contribution in [2.24, 2.45) is 0 Å². The van der Waals surface area contributed by atoms with Crippen molar-refractivity contribution in [1.82, 2.24) is 9.97 Å². The summed E-state index contributed by atoms with van der Waals surface area (Å²) in [5, 5.41) is 10.6. The Balaban J connectivity index is 2.60. The van der Waals surface area contributed by atoms with Crippen LogP contribution in [0.2, 0.25) is 0 Å². The summed E-state index contributed by atoms with van der Waals surface area (Å²) in [5.74, 6) is -1.04. The predicted molar refractivity (Wildman–Crippen MR) is 56.3 cm³/mol. The van der Waals surface area contributed by atoms with E-state index in [1.165, 1.54) is 12.5 Å². The predicted octanol–water partition coefficient (Wildman–Crippen LogP) is 2.07.